The highest BCUT2D eigenvalue weighted by atomic mass is 35.5. The van der Waals surface area contributed by atoms with Gasteiger partial charge in [-0.3, -0.25) is 0 Å². The van der Waals surface area contributed by atoms with Crippen LogP contribution in [0.25, 0.3) is 11.0 Å². The van der Waals surface area contributed by atoms with Crippen LogP contribution in [0.5, 0.6) is 0 Å². The van der Waals surface area contributed by atoms with Gasteiger partial charge in [0.2, 0.25) is 0 Å². The molecule has 1 heterocycles. The molecular weight excluding hydrogens is 291 g/mol. The highest BCUT2D eigenvalue weighted by Crippen LogP contribution is 2.29. The molecule has 0 spiro atoms. The predicted molar refractivity (Wildman–Crippen MR) is 87.8 cm³/mol. The van der Waals surface area contributed by atoms with Crippen LogP contribution < -0.4 is 0 Å². The Morgan fingerprint density at radius 3 is 2.75 bits per heavy atom. The maximum absolute atomic E-state index is 6.23. The minimum absolute atomic E-state index is 0.407. The van der Waals surface area contributed by atoms with Gasteiger partial charge >= 0.3 is 0 Å². The zero-order valence-corrected chi connectivity index (χ0v) is 13.7. The summed E-state index contributed by atoms with van der Waals surface area (Å²) in [6.07, 6.45) is 6.28. The number of halogens is 2. The van der Waals surface area contributed by atoms with Gasteiger partial charge in [0, 0.05) is 6.04 Å². The molecule has 0 saturated heterocycles. The molecule has 110 valence electrons. The van der Waals surface area contributed by atoms with Gasteiger partial charge < -0.3 is 4.57 Å². The Kier molecular flexibility index (Phi) is 5.74. The molecule has 0 N–H and O–H groups in total. The van der Waals surface area contributed by atoms with Crippen molar-refractivity contribution in [2.75, 3.05) is 0 Å². The molecule has 20 heavy (non-hydrogen) atoms. The first kappa shape index (κ1) is 15.7. The number of alkyl halides is 1. The maximum atomic E-state index is 6.23. The topological polar surface area (TPSA) is 17.8 Å². The number of fused-ring (bicyclic) bond motifs is 1. The molecule has 0 aliphatic rings. The molecule has 1 aromatic heterocycles. The van der Waals surface area contributed by atoms with Crippen LogP contribution in [0.4, 0.5) is 0 Å². The molecule has 0 saturated carbocycles. The van der Waals surface area contributed by atoms with Crippen molar-refractivity contribution in [3.8, 4) is 0 Å². The molecule has 2 aromatic rings. The van der Waals surface area contributed by atoms with E-state index in [1.807, 2.05) is 12.1 Å². The van der Waals surface area contributed by atoms with Gasteiger partial charge in [-0.25, -0.2) is 4.98 Å². The molecule has 0 amide bonds. The zero-order chi connectivity index (χ0) is 14.5. The van der Waals surface area contributed by atoms with Crippen LogP contribution >= 0.6 is 23.2 Å². The van der Waals surface area contributed by atoms with E-state index in [2.05, 4.69) is 29.5 Å². The molecule has 2 rings (SSSR count). The van der Waals surface area contributed by atoms with Crippen LogP contribution in [0.1, 0.15) is 57.8 Å². The number of unbranched alkanes of at least 4 members (excludes halogenated alkanes) is 3. The monoisotopic (exact) mass is 312 g/mol. The molecule has 0 aliphatic carbocycles. The van der Waals surface area contributed by atoms with Gasteiger partial charge in [-0.05, 0) is 25.5 Å². The number of hydrogen-bond acceptors (Lipinski definition) is 1. The predicted octanol–water partition coefficient (Wildman–Crippen LogP) is 5.96. The van der Waals surface area contributed by atoms with Crippen LogP contribution in [-0.4, -0.2) is 9.55 Å². The van der Waals surface area contributed by atoms with E-state index in [1.165, 1.54) is 25.7 Å². The fourth-order valence-corrected chi connectivity index (χ4v) is 3.11. The number of para-hydroxylation sites is 1. The van der Waals surface area contributed by atoms with E-state index in [0.717, 1.165) is 23.3 Å². The Labute approximate surface area is 131 Å². The van der Waals surface area contributed by atoms with Crippen LogP contribution in [0.2, 0.25) is 5.02 Å². The number of imidazole rings is 1. The third-order valence-corrected chi connectivity index (χ3v) is 4.32. The first-order chi connectivity index (χ1) is 9.69. The van der Waals surface area contributed by atoms with Gasteiger partial charge in [0.25, 0.3) is 0 Å². The van der Waals surface area contributed by atoms with E-state index in [4.69, 9.17) is 23.2 Å². The summed E-state index contributed by atoms with van der Waals surface area (Å²) < 4.78 is 2.25. The van der Waals surface area contributed by atoms with E-state index in [0.29, 0.717) is 16.9 Å². The van der Waals surface area contributed by atoms with Crippen molar-refractivity contribution in [3.63, 3.8) is 0 Å². The van der Waals surface area contributed by atoms with Crippen molar-refractivity contribution in [2.24, 2.45) is 0 Å². The third kappa shape index (κ3) is 3.29. The van der Waals surface area contributed by atoms with Gasteiger partial charge in [-0.1, -0.05) is 50.3 Å². The molecule has 1 unspecified atom stereocenters. The normalized spacial score (nSPS) is 13.0. The van der Waals surface area contributed by atoms with Gasteiger partial charge in [-0.15, -0.1) is 11.6 Å². The molecular formula is C16H22Cl2N2. The van der Waals surface area contributed by atoms with E-state index in [-0.39, 0.29) is 0 Å². The number of rotatable bonds is 7. The van der Waals surface area contributed by atoms with Crippen molar-refractivity contribution in [1.29, 1.82) is 0 Å². The van der Waals surface area contributed by atoms with Crippen LogP contribution in [0, 0.1) is 0 Å². The van der Waals surface area contributed by atoms with Crippen LogP contribution in [-0.2, 0) is 5.88 Å². The summed E-state index contributed by atoms with van der Waals surface area (Å²) >= 11 is 12.3. The van der Waals surface area contributed by atoms with Crippen molar-refractivity contribution in [3.05, 3.63) is 29.0 Å². The minimum Gasteiger partial charge on any atom is -0.324 e. The van der Waals surface area contributed by atoms with Gasteiger partial charge in [0.05, 0.1) is 16.4 Å². The van der Waals surface area contributed by atoms with E-state index in [1.54, 1.807) is 0 Å². The van der Waals surface area contributed by atoms with Crippen LogP contribution in [0.3, 0.4) is 0 Å². The highest BCUT2D eigenvalue weighted by Gasteiger charge is 2.16. The lowest BCUT2D eigenvalue weighted by Gasteiger charge is -2.17. The summed E-state index contributed by atoms with van der Waals surface area (Å²) in [7, 11) is 0. The molecule has 0 fully saturated rings. The Morgan fingerprint density at radius 1 is 1.25 bits per heavy atom. The summed E-state index contributed by atoms with van der Waals surface area (Å²) in [4.78, 5) is 4.60. The summed E-state index contributed by atoms with van der Waals surface area (Å²) in [5.41, 5.74) is 1.96. The molecule has 0 aliphatic heterocycles. The first-order valence-corrected chi connectivity index (χ1v) is 8.31. The van der Waals surface area contributed by atoms with E-state index < -0.39 is 0 Å². The lowest BCUT2D eigenvalue weighted by atomic mass is 10.1. The second kappa shape index (κ2) is 7.33. The molecule has 1 aromatic carbocycles. The standard InChI is InChI=1S/C16H22Cl2N2/c1-3-4-5-6-8-12(2)20-14-10-7-9-13(18)16(14)19-15(20)11-17/h7,9-10,12H,3-6,8,11H2,1-2H3. The van der Waals surface area contributed by atoms with Crippen molar-refractivity contribution in [2.45, 2.75) is 57.9 Å². The SMILES string of the molecule is CCCCCCC(C)n1c(CCl)nc2c(Cl)cccc21. The van der Waals surface area contributed by atoms with Crippen LogP contribution in [0.15, 0.2) is 18.2 Å². The fraction of sp³-hybridized carbons (Fsp3) is 0.562. The smallest absolute Gasteiger partial charge is 0.125 e. The average Bonchev–Trinajstić information content (AvgIpc) is 2.83. The summed E-state index contributed by atoms with van der Waals surface area (Å²) in [6.45, 7) is 4.48. The van der Waals surface area contributed by atoms with E-state index in [9.17, 15) is 0 Å². The minimum atomic E-state index is 0.407. The van der Waals surface area contributed by atoms with Gasteiger partial charge in [0.15, 0.2) is 0 Å². The summed E-state index contributed by atoms with van der Waals surface area (Å²) in [6, 6.07) is 6.34. The molecule has 0 radical (unpaired) electrons. The fourth-order valence-electron chi connectivity index (χ4n) is 2.71. The quantitative estimate of drug-likeness (QED) is 0.455. The Hall–Kier alpha value is -0.730. The Morgan fingerprint density at radius 2 is 2.05 bits per heavy atom. The van der Waals surface area contributed by atoms with Crippen molar-refractivity contribution in [1.82, 2.24) is 9.55 Å². The second-order valence-electron chi connectivity index (χ2n) is 5.34. The van der Waals surface area contributed by atoms with Gasteiger partial charge in [-0.2, -0.15) is 0 Å². The molecule has 0 bridgehead atoms. The van der Waals surface area contributed by atoms with E-state index >= 15 is 0 Å². The third-order valence-electron chi connectivity index (χ3n) is 3.78. The number of benzene rings is 1. The largest absolute Gasteiger partial charge is 0.324 e. The zero-order valence-electron chi connectivity index (χ0n) is 12.2. The summed E-state index contributed by atoms with van der Waals surface area (Å²) in [5.74, 6) is 1.34. The Balaban J connectivity index is 2.25. The lowest BCUT2D eigenvalue weighted by Crippen LogP contribution is -2.08. The number of hydrogen-bond donors (Lipinski definition) is 0. The molecule has 1 atom stereocenters. The molecule has 4 heteroatoms. The lowest BCUT2D eigenvalue weighted by molar-refractivity contribution is 0.473. The molecule has 2 nitrogen and oxygen atoms in total. The van der Waals surface area contributed by atoms with Gasteiger partial charge in [0.1, 0.15) is 11.3 Å². The highest BCUT2D eigenvalue weighted by molar-refractivity contribution is 6.35. The summed E-state index contributed by atoms with van der Waals surface area (Å²) in [5, 5.41) is 0.700. The van der Waals surface area contributed by atoms with Crippen molar-refractivity contribution >= 4 is 34.2 Å². The maximum Gasteiger partial charge on any atom is 0.125 e. The average molecular weight is 313 g/mol. The van der Waals surface area contributed by atoms with Crippen molar-refractivity contribution < 1.29 is 0 Å². The second-order valence-corrected chi connectivity index (χ2v) is 6.01. The number of nitrogens with zero attached hydrogens (tertiary/aromatic N) is 2. The Bertz CT molecular complexity index is 563. The number of aromatic nitrogens is 2. The first-order valence-electron chi connectivity index (χ1n) is 7.40.